The highest BCUT2D eigenvalue weighted by Crippen LogP contribution is 2.34. The van der Waals surface area contributed by atoms with E-state index in [1.165, 1.54) is 54.4 Å². The molecule has 0 spiro atoms. The van der Waals surface area contributed by atoms with Crippen LogP contribution in [-0.4, -0.2) is 6.16 Å². The Hall–Kier alpha value is -2.17. The highest BCUT2D eigenvalue weighted by atomic mass is 31.1. The van der Waals surface area contributed by atoms with Crippen molar-refractivity contribution in [3.05, 3.63) is 109 Å². The summed E-state index contributed by atoms with van der Waals surface area (Å²) >= 11 is 0. The molecule has 1 unspecified atom stereocenters. The van der Waals surface area contributed by atoms with Crippen molar-refractivity contribution in [3.8, 4) is 0 Å². The Morgan fingerprint density at radius 2 is 1.27 bits per heavy atom. The molecule has 0 fully saturated rings. The van der Waals surface area contributed by atoms with Gasteiger partial charge in [0.25, 0.3) is 0 Å². The van der Waals surface area contributed by atoms with Crippen LogP contribution in [0.4, 0.5) is 0 Å². The van der Waals surface area contributed by atoms with Crippen molar-refractivity contribution in [2.45, 2.75) is 51.4 Å². The second-order valence-corrected chi connectivity index (χ2v) is 10.2. The third kappa shape index (κ3) is 7.26. The molecule has 0 N–H and O–H groups in total. The van der Waals surface area contributed by atoms with E-state index in [1.54, 1.807) is 0 Å². The van der Waals surface area contributed by atoms with Crippen molar-refractivity contribution in [3.63, 3.8) is 0 Å². The smallest absolute Gasteiger partial charge is 0.00179 e. The SMILES string of the molecule is CCCCCCC(/C=C\CCP(c1ccccc1)c1ccccc1)c1ccccc1. The molecule has 156 valence electrons. The third-order valence-electron chi connectivity index (χ3n) is 5.62. The molecule has 0 nitrogen and oxygen atoms in total. The molecule has 1 atom stereocenters. The van der Waals surface area contributed by atoms with Gasteiger partial charge in [-0.1, -0.05) is 136 Å². The lowest BCUT2D eigenvalue weighted by Gasteiger charge is -2.18. The summed E-state index contributed by atoms with van der Waals surface area (Å²) in [5, 5.41) is 2.96. The lowest BCUT2D eigenvalue weighted by atomic mass is 9.92. The van der Waals surface area contributed by atoms with Gasteiger partial charge in [-0.2, -0.15) is 0 Å². The first-order valence-corrected chi connectivity index (χ1v) is 13.0. The fourth-order valence-electron chi connectivity index (χ4n) is 3.95. The average molecular weight is 415 g/mol. The highest BCUT2D eigenvalue weighted by Gasteiger charge is 2.12. The van der Waals surface area contributed by atoms with Crippen molar-refractivity contribution >= 4 is 18.5 Å². The maximum Gasteiger partial charge on any atom is 0.00179 e. The molecule has 1 heteroatoms. The zero-order valence-electron chi connectivity index (χ0n) is 18.3. The van der Waals surface area contributed by atoms with Crippen LogP contribution >= 0.6 is 7.92 Å². The van der Waals surface area contributed by atoms with Gasteiger partial charge in [0.2, 0.25) is 0 Å². The average Bonchev–Trinajstić information content (AvgIpc) is 2.82. The minimum Gasteiger partial charge on any atom is -0.0876 e. The van der Waals surface area contributed by atoms with Crippen LogP contribution in [0.5, 0.6) is 0 Å². The van der Waals surface area contributed by atoms with Gasteiger partial charge in [-0.15, -0.1) is 0 Å². The first kappa shape index (κ1) is 22.5. The summed E-state index contributed by atoms with van der Waals surface area (Å²) in [6.45, 7) is 2.28. The van der Waals surface area contributed by atoms with Gasteiger partial charge in [-0.25, -0.2) is 0 Å². The summed E-state index contributed by atoms with van der Waals surface area (Å²) in [4.78, 5) is 0. The number of allylic oxidation sites excluding steroid dienone is 2. The molecule has 3 aromatic carbocycles. The Labute approximate surface area is 184 Å². The van der Waals surface area contributed by atoms with Gasteiger partial charge in [0.1, 0.15) is 0 Å². The van der Waals surface area contributed by atoms with Crippen LogP contribution in [-0.2, 0) is 0 Å². The molecule has 0 aliphatic rings. The molecule has 0 saturated carbocycles. The van der Waals surface area contributed by atoms with E-state index in [4.69, 9.17) is 0 Å². The fraction of sp³-hybridized carbons (Fsp3) is 0.310. The van der Waals surface area contributed by atoms with Gasteiger partial charge in [0, 0.05) is 5.92 Å². The second kappa shape index (κ2) is 13.2. The van der Waals surface area contributed by atoms with E-state index in [1.807, 2.05) is 0 Å². The normalized spacial score (nSPS) is 12.5. The fourth-order valence-corrected chi connectivity index (χ4v) is 6.24. The first-order valence-electron chi connectivity index (χ1n) is 11.5. The van der Waals surface area contributed by atoms with Crippen LogP contribution in [0.3, 0.4) is 0 Å². The Balaban J connectivity index is 1.65. The van der Waals surface area contributed by atoms with Gasteiger partial charge in [0.05, 0.1) is 0 Å². The van der Waals surface area contributed by atoms with E-state index >= 15 is 0 Å². The lowest BCUT2D eigenvalue weighted by Crippen LogP contribution is -2.13. The Morgan fingerprint density at radius 3 is 1.83 bits per heavy atom. The summed E-state index contributed by atoms with van der Waals surface area (Å²) in [7, 11) is -0.303. The predicted molar refractivity (Wildman–Crippen MR) is 136 cm³/mol. The highest BCUT2D eigenvalue weighted by molar-refractivity contribution is 7.73. The molecule has 0 aliphatic carbocycles. The number of benzene rings is 3. The van der Waals surface area contributed by atoms with E-state index < -0.39 is 0 Å². The van der Waals surface area contributed by atoms with Crippen molar-refractivity contribution in [2.24, 2.45) is 0 Å². The standard InChI is InChI=1S/C29H35P/c1-2-3-4-8-17-27(26-18-9-5-10-19-26)20-15-16-25-30(28-21-11-6-12-22-28)29-23-13-7-14-24-29/h5-7,9-15,18-24,27H,2-4,8,16-17,25H2,1H3/b20-15-. The first-order chi connectivity index (χ1) is 14.9. The van der Waals surface area contributed by atoms with Crippen molar-refractivity contribution in [1.29, 1.82) is 0 Å². The summed E-state index contributed by atoms with van der Waals surface area (Å²) < 4.78 is 0. The van der Waals surface area contributed by atoms with E-state index in [2.05, 4.69) is 110 Å². The molecule has 0 aromatic heterocycles. The number of rotatable bonds is 12. The quantitative estimate of drug-likeness (QED) is 0.161. The Bertz CT molecular complexity index is 800. The maximum absolute atomic E-state index is 2.48. The molecule has 3 rings (SSSR count). The van der Waals surface area contributed by atoms with Gasteiger partial charge < -0.3 is 0 Å². The van der Waals surface area contributed by atoms with Crippen LogP contribution in [0.25, 0.3) is 0 Å². The molecule has 0 aliphatic heterocycles. The zero-order chi connectivity index (χ0) is 20.9. The van der Waals surface area contributed by atoms with Crippen LogP contribution in [0.15, 0.2) is 103 Å². The van der Waals surface area contributed by atoms with Gasteiger partial charge in [0.15, 0.2) is 0 Å². The maximum atomic E-state index is 2.48. The zero-order valence-corrected chi connectivity index (χ0v) is 19.2. The van der Waals surface area contributed by atoms with Crippen LogP contribution in [0, 0.1) is 0 Å². The third-order valence-corrected chi connectivity index (χ3v) is 8.17. The molecule has 0 heterocycles. The van der Waals surface area contributed by atoms with Crippen LogP contribution in [0.1, 0.15) is 56.9 Å². The van der Waals surface area contributed by atoms with Gasteiger partial charge in [-0.3, -0.25) is 0 Å². The molecule has 0 amide bonds. The summed E-state index contributed by atoms with van der Waals surface area (Å²) in [5.74, 6) is 0.544. The molecular formula is C29H35P. The van der Waals surface area contributed by atoms with Crippen molar-refractivity contribution in [2.75, 3.05) is 6.16 Å². The number of hydrogen-bond acceptors (Lipinski definition) is 0. The molecule has 3 aromatic rings. The number of unbranched alkanes of at least 4 members (excludes halogenated alkanes) is 3. The molecule has 0 radical (unpaired) electrons. The van der Waals surface area contributed by atoms with Crippen molar-refractivity contribution < 1.29 is 0 Å². The molecule has 30 heavy (non-hydrogen) atoms. The monoisotopic (exact) mass is 414 g/mol. The Kier molecular flexibility index (Phi) is 9.90. The molecule has 0 saturated heterocycles. The van der Waals surface area contributed by atoms with Gasteiger partial charge >= 0.3 is 0 Å². The van der Waals surface area contributed by atoms with E-state index in [0.29, 0.717) is 5.92 Å². The van der Waals surface area contributed by atoms with E-state index in [0.717, 1.165) is 6.42 Å². The molecular weight excluding hydrogens is 379 g/mol. The van der Waals surface area contributed by atoms with Crippen LogP contribution in [0.2, 0.25) is 0 Å². The number of hydrogen-bond donors (Lipinski definition) is 0. The second-order valence-electron chi connectivity index (χ2n) is 7.91. The van der Waals surface area contributed by atoms with Gasteiger partial charge in [-0.05, 0) is 43.1 Å². The minimum absolute atomic E-state index is 0.303. The molecule has 0 bridgehead atoms. The topological polar surface area (TPSA) is 0 Å². The summed E-state index contributed by atoms with van der Waals surface area (Å²) in [6.07, 6.45) is 13.8. The lowest BCUT2D eigenvalue weighted by molar-refractivity contribution is 0.603. The van der Waals surface area contributed by atoms with Crippen LogP contribution < -0.4 is 10.6 Å². The predicted octanol–water partition coefficient (Wildman–Crippen LogP) is 7.82. The van der Waals surface area contributed by atoms with E-state index in [-0.39, 0.29) is 7.92 Å². The largest absolute Gasteiger partial charge is 0.0876 e. The van der Waals surface area contributed by atoms with E-state index in [9.17, 15) is 0 Å². The minimum atomic E-state index is -0.303. The summed E-state index contributed by atoms with van der Waals surface area (Å²) in [6, 6.07) is 33.1. The van der Waals surface area contributed by atoms with Crippen molar-refractivity contribution in [1.82, 2.24) is 0 Å². The Morgan fingerprint density at radius 1 is 0.700 bits per heavy atom. The summed E-state index contributed by atoms with van der Waals surface area (Å²) in [5.41, 5.74) is 1.46.